The number of thiophene rings is 1. The van der Waals surface area contributed by atoms with Crippen LogP contribution in [0.3, 0.4) is 0 Å². The van der Waals surface area contributed by atoms with E-state index in [0.717, 1.165) is 0 Å². The summed E-state index contributed by atoms with van der Waals surface area (Å²) < 4.78 is 1.29. The van der Waals surface area contributed by atoms with E-state index in [9.17, 15) is 0 Å². The number of nitrogens with one attached hydrogen (secondary N) is 1. The third-order valence-corrected chi connectivity index (χ3v) is 7.13. The predicted molar refractivity (Wildman–Crippen MR) is 98.4 cm³/mol. The summed E-state index contributed by atoms with van der Waals surface area (Å²) in [7, 11) is 0. The standard InChI is InChI=1S/C18H30BrNS/c1-14(2)20-12-11-18(8-5-4-6-9-18)10-7-16-13-17(19)15(3)21-16/h13-14,20H,4-12H2,1-3H3. The highest BCUT2D eigenvalue weighted by atomic mass is 79.9. The Hall–Kier alpha value is 0.140. The number of halogens is 1. The zero-order chi connectivity index (χ0) is 15.3. The van der Waals surface area contributed by atoms with Gasteiger partial charge in [-0.1, -0.05) is 33.1 Å². The highest BCUT2D eigenvalue weighted by Crippen LogP contribution is 2.43. The summed E-state index contributed by atoms with van der Waals surface area (Å²) >= 11 is 5.62. The number of aryl methyl sites for hydroxylation is 2. The van der Waals surface area contributed by atoms with Crippen LogP contribution in [0.4, 0.5) is 0 Å². The van der Waals surface area contributed by atoms with E-state index < -0.39 is 0 Å². The van der Waals surface area contributed by atoms with Crippen LogP contribution in [0.5, 0.6) is 0 Å². The summed E-state index contributed by atoms with van der Waals surface area (Å²) in [4.78, 5) is 2.98. The maximum Gasteiger partial charge on any atom is 0.0314 e. The first-order valence-corrected chi connectivity index (χ1v) is 10.1. The van der Waals surface area contributed by atoms with Crippen molar-refractivity contribution < 1.29 is 0 Å². The Kier molecular flexibility index (Phi) is 6.77. The molecule has 120 valence electrons. The van der Waals surface area contributed by atoms with Gasteiger partial charge in [0.25, 0.3) is 0 Å². The van der Waals surface area contributed by atoms with Gasteiger partial charge in [-0.25, -0.2) is 0 Å². The van der Waals surface area contributed by atoms with Crippen molar-refractivity contribution in [3.8, 4) is 0 Å². The van der Waals surface area contributed by atoms with Gasteiger partial charge < -0.3 is 5.32 Å². The molecule has 1 saturated carbocycles. The van der Waals surface area contributed by atoms with E-state index in [1.807, 2.05) is 11.3 Å². The average Bonchev–Trinajstić information content (AvgIpc) is 2.77. The van der Waals surface area contributed by atoms with Crippen molar-refractivity contribution in [3.05, 3.63) is 20.3 Å². The Morgan fingerprint density at radius 3 is 2.52 bits per heavy atom. The second-order valence-electron chi connectivity index (χ2n) is 7.04. The maximum absolute atomic E-state index is 3.65. The van der Waals surface area contributed by atoms with Crippen LogP contribution in [-0.2, 0) is 6.42 Å². The molecule has 0 bridgehead atoms. The van der Waals surface area contributed by atoms with Crippen molar-refractivity contribution in [1.29, 1.82) is 0 Å². The predicted octanol–water partition coefficient (Wildman–Crippen LogP) is 6.09. The molecule has 0 spiro atoms. The molecule has 1 aliphatic rings. The Bertz CT molecular complexity index is 413. The van der Waals surface area contributed by atoms with Crippen LogP contribution < -0.4 is 5.32 Å². The summed E-state index contributed by atoms with van der Waals surface area (Å²) in [6.07, 6.45) is 11.2. The minimum atomic E-state index is 0.602. The first kappa shape index (κ1) is 17.5. The Morgan fingerprint density at radius 2 is 1.95 bits per heavy atom. The smallest absolute Gasteiger partial charge is 0.0314 e. The molecule has 1 aromatic rings. The summed E-state index contributed by atoms with van der Waals surface area (Å²) in [5.41, 5.74) is 0.602. The molecular formula is C18H30BrNS. The topological polar surface area (TPSA) is 12.0 Å². The molecule has 0 aromatic carbocycles. The molecule has 21 heavy (non-hydrogen) atoms. The van der Waals surface area contributed by atoms with E-state index in [0.29, 0.717) is 11.5 Å². The number of hydrogen-bond acceptors (Lipinski definition) is 2. The lowest BCUT2D eigenvalue weighted by Gasteiger charge is -2.38. The highest BCUT2D eigenvalue weighted by Gasteiger charge is 2.31. The van der Waals surface area contributed by atoms with Gasteiger partial charge in [-0.2, -0.15) is 0 Å². The molecule has 0 amide bonds. The van der Waals surface area contributed by atoms with Gasteiger partial charge in [0.2, 0.25) is 0 Å². The molecule has 0 saturated heterocycles. The van der Waals surface area contributed by atoms with Gasteiger partial charge in [0.05, 0.1) is 0 Å². The van der Waals surface area contributed by atoms with Crippen LogP contribution >= 0.6 is 27.3 Å². The minimum Gasteiger partial charge on any atom is -0.315 e. The normalized spacial score (nSPS) is 18.3. The van der Waals surface area contributed by atoms with Gasteiger partial charge >= 0.3 is 0 Å². The number of hydrogen-bond donors (Lipinski definition) is 1. The SMILES string of the molecule is Cc1sc(CCC2(CCNC(C)C)CCCCC2)cc1Br. The van der Waals surface area contributed by atoms with Crippen molar-refractivity contribution >= 4 is 27.3 Å². The molecule has 1 fully saturated rings. The fourth-order valence-electron chi connectivity index (χ4n) is 3.58. The summed E-state index contributed by atoms with van der Waals surface area (Å²) in [5.74, 6) is 0. The molecule has 1 aliphatic carbocycles. The second kappa shape index (κ2) is 8.12. The summed E-state index contributed by atoms with van der Waals surface area (Å²) in [5, 5.41) is 3.62. The van der Waals surface area contributed by atoms with Crippen molar-refractivity contribution in [3.63, 3.8) is 0 Å². The molecule has 0 atom stereocenters. The van der Waals surface area contributed by atoms with E-state index in [2.05, 4.69) is 48.1 Å². The minimum absolute atomic E-state index is 0.602. The lowest BCUT2D eigenvalue weighted by Crippen LogP contribution is -2.32. The van der Waals surface area contributed by atoms with E-state index in [1.165, 1.54) is 67.3 Å². The molecule has 0 aliphatic heterocycles. The third kappa shape index (κ3) is 5.37. The molecule has 0 radical (unpaired) electrons. The highest BCUT2D eigenvalue weighted by molar-refractivity contribution is 9.10. The van der Waals surface area contributed by atoms with Crippen molar-refractivity contribution in [2.75, 3.05) is 6.54 Å². The lowest BCUT2D eigenvalue weighted by atomic mass is 9.69. The van der Waals surface area contributed by atoms with Crippen molar-refractivity contribution in [1.82, 2.24) is 5.32 Å². The van der Waals surface area contributed by atoms with Gasteiger partial charge in [-0.15, -0.1) is 11.3 Å². The van der Waals surface area contributed by atoms with Gasteiger partial charge in [0.15, 0.2) is 0 Å². The fraction of sp³-hybridized carbons (Fsp3) is 0.778. The van der Waals surface area contributed by atoms with Gasteiger partial charge in [-0.05, 0) is 73.0 Å². The first-order valence-electron chi connectivity index (χ1n) is 8.49. The molecular weight excluding hydrogens is 342 g/mol. The van der Waals surface area contributed by atoms with Gasteiger partial charge in [0.1, 0.15) is 0 Å². The zero-order valence-electron chi connectivity index (χ0n) is 13.8. The van der Waals surface area contributed by atoms with Gasteiger partial charge in [-0.3, -0.25) is 0 Å². The Morgan fingerprint density at radius 1 is 1.24 bits per heavy atom. The van der Waals surface area contributed by atoms with Gasteiger partial charge in [0, 0.05) is 20.3 Å². The van der Waals surface area contributed by atoms with Crippen LogP contribution in [0.15, 0.2) is 10.5 Å². The Labute approximate surface area is 143 Å². The molecule has 3 heteroatoms. The monoisotopic (exact) mass is 371 g/mol. The summed E-state index contributed by atoms with van der Waals surface area (Å²) in [6.45, 7) is 7.89. The summed E-state index contributed by atoms with van der Waals surface area (Å²) in [6, 6.07) is 2.95. The van der Waals surface area contributed by atoms with E-state index >= 15 is 0 Å². The van der Waals surface area contributed by atoms with Crippen LogP contribution in [0.1, 0.15) is 68.5 Å². The van der Waals surface area contributed by atoms with Crippen LogP contribution in [-0.4, -0.2) is 12.6 Å². The van der Waals surface area contributed by atoms with Crippen LogP contribution in [0.2, 0.25) is 0 Å². The fourth-order valence-corrected chi connectivity index (χ4v) is 5.18. The first-order chi connectivity index (χ1) is 10.0. The third-order valence-electron chi connectivity index (χ3n) is 4.93. The molecule has 1 aromatic heterocycles. The zero-order valence-corrected chi connectivity index (χ0v) is 16.2. The molecule has 2 rings (SSSR count). The second-order valence-corrected chi connectivity index (χ2v) is 9.23. The average molecular weight is 372 g/mol. The maximum atomic E-state index is 3.65. The molecule has 1 nitrogen and oxygen atoms in total. The number of rotatable bonds is 7. The quantitative estimate of drug-likeness (QED) is 0.611. The van der Waals surface area contributed by atoms with Crippen LogP contribution in [0.25, 0.3) is 0 Å². The van der Waals surface area contributed by atoms with E-state index in [1.54, 1.807) is 4.88 Å². The van der Waals surface area contributed by atoms with E-state index in [4.69, 9.17) is 0 Å². The van der Waals surface area contributed by atoms with Crippen molar-refractivity contribution in [2.24, 2.45) is 5.41 Å². The molecule has 1 heterocycles. The van der Waals surface area contributed by atoms with Crippen molar-refractivity contribution in [2.45, 2.75) is 78.2 Å². The lowest BCUT2D eigenvalue weighted by molar-refractivity contribution is 0.156. The Balaban J connectivity index is 1.92. The molecule has 0 unspecified atom stereocenters. The van der Waals surface area contributed by atoms with Crippen LogP contribution in [0, 0.1) is 12.3 Å². The largest absolute Gasteiger partial charge is 0.315 e. The molecule has 1 N–H and O–H groups in total. The van der Waals surface area contributed by atoms with E-state index in [-0.39, 0.29) is 0 Å².